The highest BCUT2D eigenvalue weighted by atomic mass is 16.5. The van der Waals surface area contributed by atoms with Crippen molar-refractivity contribution < 1.29 is 9.53 Å². The molecule has 0 spiro atoms. The molecule has 0 aromatic rings. The molecule has 1 amide bonds. The largest absolute Gasteiger partial charge is 0.381 e. The summed E-state index contributed by atoms with van der Waals surface area (Å²) in [6.45, 7) is 4.31. The van der Waals surface area contributed by atoms with Crippen molar-refractivity contribution in [3.05, 3.63) is 0 Å². The molecule has 0 unspecified atom stereocenters. The van der Waals surface area contributed by atoms with Gasteiger partial charge in [-0.05, 0) is 37.5 Å². The number of ether oxygens (including phenoxy) is 1. The van der Waals surface area contributed by atoms with E-state index in [-0.39, 0.29) is 5.91 Å². The second kappa shape index (κ2) is 6.02. The summed E-state index contributed by atoms with van der Waals surface area (Å²) >= 11 is 0. The number of nitrogens with two attached hydrogens (primary N) is 1. The highest BCUT2D eigenvalue weighted by molar-refractivity contribution is 5.86. The van der Waals surface area contributed by atoms with Gasteiger partial charge in [-0.3, -0.25) is 4.79 Å². The Labute approximate surface area is 110 Å². The van der Waals surface area contributed by atoms with Crippen LogP contribution in [0.2, 0.25) is 0 Å². The van der Waals surface area contributed by atoms with Crippen LogP contribution in [0.3, 0.4) is 0 Å². The second-order valence-electron chi connectivity index (χ2n) is 6.10. The van der Waals surface area contributed by atoms with Crippen molar-refractivity contribution >= 4 is 5.91 Å². The van der Waals surface area contributed by atoms with Gasteiger partial charge < -0.3 is 15.8 Å². The number of hydrogen-bond donors (Lipinski definition) is 2. The lowest BCUT2D eigenvalue weighted by Crippen LogP contribution is -2.57. The van der Waals surface area contributed by atoms with Gasteiger partial charge in [0.25, 0.3) is 0 Å². The average molecular weight is 254 g/mol. The highest BCUT2D eigenvalue weighted by Crippen LogP contribution is 2.28. The van der Waals surface area contributed by atoms with Gasteiger partial charge in [0.05, 0.1) is 5.54 Å². The number of amides is 1. The first kappa shape index (κ1) is 13.8. The predicted octanol–water partition coefficient (Wildman–Crippen LogP) is 1.44. The highest BCUT2D eigenvalue weighted by Gasteiger charge is 2.36. The minimum atomic E-state index is -0.694. The molecule has 104 valence electrons. The Bertz CT molecular complexity index is 280. The molecule has 4 heteroatoms. The maximum absolute atomic E-state index is 12.1. The first-order chi connectivity index (χ1) is 8.60. The molecule has 1 saturated carbocycles. The summed E-state index contributed by atoms with van der Waals surface area (Å²) in [4.78, 5) is 12.1. The van der Waals surface area contributed by atoms with Gasteiger partial charge in [0, 0.05) is 19.8 Å². The van der Waals surface area contributed by atoms with E-state index in [2.05, 4.69) is 12.2 Å². The van der Waals surface area contributed by atoms with E-state index in [0.717, 1.165) is 12.5 Å². The lowest BCUT2D eigenvalue weighted by atomic mass is 9.82. The number of hydrogen-bond acceptors (Lipinski definition) is 3. The van der Waals surface area contributed by atoms with Gasteiger partial charge in [-0.2, -0.15) is 0 Å². The van der Waals surface area contributed by atoms with E-state index in [0.29, 0.717) is 32.0 Å². The van der Waals surface area contributed by atoms with Crippen molar-refractivity contribution in [3.63, 3.8) is 0 Å². The van der Waals surface area contributed by atoms with E-state index in [4.69, 9.17) is 10.5 Å². The van der Waals surface area contributed by atoms with E-state index in [1.54, 1.807) is 0 Å². The van der Waals surface area contributed by atoms with E-state index in [1.165, 1.54) is 25.7 Å². The van der Waals surface area contributed by atoms with Crippen molar-refractivity contribution in [2.24, 2.45) is 17.6 Å². The second-order valence-corrected chi connectivity index (χ2v) is 6.10. The molecule has 4 nitrogen and oxygen atoms in total. The lowest BCUT2D eigenvalue weighted by Gasteiger charge is -2.33. The topological polar surface area (TPSA) is 64.4 Å². The summed E-state index contributed by atoms with van der Waals surface area (Å²) in [6, 6.07) is 0. The fraction of sp³-hybridized carbons (Fsp3) is 0.929. The molecule has 2 aliphatic rings. The molecule has 0 radical (unpaired) electrons. The molecule has 1 aliphatic heterocycles. The fourth-order valence-electron chi connectivity index (χ4n) is 2.91. The monoisotopic (exact) mass is 254 g/mol. The molecule has 0 aromatic carbocycles. The molecule has 3 N–H and O–H groups in total. The Hall–Kier alpha value is -0.610. The van der Waals surface area contributed by atoms with Crippen molar-refractivity contribution in [2.45, 2.75) is 51.0 Å². The fourth-order valence-corrected chi connectivity index (χ4v) is 2.91. The summed E-state index contributed by atoms with van der Waals surface area (Å²) in [7, 11) is 0. The van der Waals surface area contributed by atoms with Crippen molar-refractivity contribution in [1.82, 2.24) is 5.32 Å². The third-order valence-corrected chi connectivity index (χ3v) is 4.52. The van der Waals surface area contributed by atoms with Gasteiger partial charge in [-0.1, -0.05) is 19.8 Å². The average Bonchev–Trinajstić information content (AvgIpc) is 2.38. The van der Waals surface area contributed by atoms with Crippen LogP contribution in [0.1, 0.15) is 45.4 Å². The Morgan fingerprint density at radius 3 is 2.50 bits per heavy atom. The molecular formula is C14H26N2O2. The van der Waals surface area contributed by atoms with E-state index < -0.39 is 5.54 Å². The SMILES string of the molecule is CC1CCC(CNC(=O)C2(N)CCOCC2)CC1. The Kier molecular flexibility index (Phi) is 4.62. The molecule has 2 rings (SSSR count). The number of nitrogens with one attached hydrogen (secondary N) is 1. The minimum absolute atomic E-state index is 0.0180. The van der Waals surface area contributed by atoms with Gasteiger partial charge in [0.2, 0.25) is 5.91 Å². The summed E-state index contributed by atoms with van der Waals surface area (Å²) < 4.78 is 5.26. The van der Waals surface area contributed by atoms with Gasteiger partial charge >= 0.3 is 0 Å². The first-order valence-electron chi connectivity index (χ1n) is 7.25. The molecule has 18 heavy (non-hydrogen) atoms. The van der Waals surface area contributed by atoms with Crippen LogP contribution >= 0.6 is 0 Å². The zero-order chi connectivity index (χ0) is 13.0. The van der Waals surface area contributed by atoms with Gasteiger partial charge in [-0.15, -0.1) is 0 Å². The van der Waals surface area contributed by atoms with Crippen LogP contribution in [0.25, 0.3) is 0 Å². The summed E-state index contributed by atoms with van der Waals surface area (Å²) in [5.41, 5.74) is 5.45. The van der Waals surface area contributed by atoms with Crippen LogP contribution in [-0.4, -0.2) is 31.2 Å². The predicted molar refractivity (Wildman–Crippen MR) is 71.1 cm³/mol. The molecular weight excluding hydrogens is 228 g/mol. The van der Waals surface area contributed by atoms with Crippen molar-refractivity contribution in [3.8, 4) is 0 Å². The quantitative estimate of drug-likeness (QED) is 0.801. The smallest absolute Gasteiger partial charge is 0.240 e. The van der Waals surface area contributed by atoms with Crippen LogP contribution in [-0.2, 0) is 9.53 Å². The van der Waals surface area contributed by atoms with Crippen molar-refractivity contribution in [2.75, 3.05) is 19.8 Å². The molecule has 1 aliphatic carbocycles. The van der Waals surface area contributed by atoms with Gasteiger partial charge in [0.15, 0.2) is 0 Å². The minimum Gasteiger partial charge on any atom is -0.381 e. The Morgan fingerprint density at radius 1 is 1.28 bits per heavy atom. The first-order valence-corrected chi connectivity index (χ1v) is 7.25. The van der Waals surface area contributed by atoms with Crippen LogP contribution in [0, 0.1) is 11.8 Å². The standard InChI is InChI=1S/C14H26N2O2/c1-11-2-4-12(5-3-11)10-16-13(17)14(15)6-8-18-9-7-14/h11-12H,2-10,15H2,1H3,(H,16,17). The van der Waals surface area contributed by atoms with E-state index in [1.807, 2.05) is 0 Å². The zero-order valence-corrected chi connectivity index (χ0v) is 11.4. The summed E-state index contributed by atoms with van der Waals surface area (Å²) in [5.74, 6) is 1.52. The van der Waals surface area contributed by atoms with E-state index >= 15 is 0 Å². The summed E-state index contributed by atoms with van der Waals surface area (Å²) in [6.07, 6.45) is 6.34. The molecule has 2 fully saturated rings. The molecule has 0 bridgehead atoms. The molecule has 0 aromatic heterocycles. The number of carbonyl (C=O) groups excluding carboxylic acids is 1. The Morgan fingerprint density at radius 2 is 1.89 bits per heavy atom. The van der Waals surface area contributed by atoms with Crippen LogP contribution in [0.15, 0.2) is 0 Å². The zero-order valence-electron chi connectivity index (χ0n) is 11.4. The normalized spacial score (nSPS) is 31.9. The van der Waals surface area contributed by atoms with E-state index in [9.17, 15) is 4.79 Å². The lowest BCUT2D eigenvalue weighted by molar-refractivity contribution is -0.130. The van der Waals surface area contributed by atoms with Gasteiger partial charge in [0.1, 0.15) is 0 Å². The maximum Gasteiger partial charge on any atom is 0.240 e. The molecule has 0 atom stereocenters. The van der Waals surface area contributed by atoms with Crippen LogP contribution < -0.4 is 11.1 Å². The third kappa shape index (κ3) is 3.45. The van der Waals surface area contributed by atoms with Crippen LogP contribution in [0.4, 0.5) is 0 Å². The molecule has 1 saturated heterocycles. The molecule has 1 heterocycles. The maximum atomic E-state index is 12.1. The summed E-state index contributed by atoms with van der Waals surface area (Å²) in [5, 5.41) is 3.06. The Balaban J connectivity index is 1.74. The van der Waals surface area contributed by atoms with Crippen molar-refractivity contribution in [1.29, 1.82) is 0 Å². The third-order valence-electron chi connectivity index (χ3n) is 4.52. The number of rotatable bonds is 3. The number of carbonyl (C=O) groups is 1. The van der Waals surface area contributed by atoms with Gasteiger partial charge in [-0.25, -0.2) is 0 Å². The van der Waals surface area contributed by atoms with Crippen LogP contribution in [0.5, 0.6) is 0 Å².